The van der Waals surface area contributed by atoms with E-state index in [-0.39, 0.29) is 0 Å². The summed E-state index contributed by atoms with van der Waals surface area (Å²) in [5.74, 6) is 2.43. The lowest BCUT2D eigenvalue weighted by Crippen LogP contribution is -1.98. The van der Waals surface area contributed by atoms with Crippen molar-refractivity contribution in [3.05, 3.63) is 79.0 Å². The Morgan fingerprint density at radius 1 is 0.649 bits per heavy atom. The van der Waals surface area contributed by atoms with E-state index in [9.17, 15) is 0 Å². The fourth-order valence-corrected chi connectivity index (χ4v) is 4.28. The Hall–Kier alpha value is -3.99. The SMILES string of the molecule is CCCCCOc1ccc(-c2ccc(-c3ccnc(-c4ccc(OCC)cc4OCC)c3)c(N)c2)cc1. The Morgan fingerprint density at radius 3 is 2.11 bits per heavy atom. The second-order valence-corrected chi connectivity index (χ2v) is 8.84. The summed E-state index contributed by atoms with van der Waals surface area (Å²) in [7, 11) is 0. The van der Waals surface area contributed by atoms with E-state index < -0.39 is 0 Å². The van der Waals surface area contributed by atoms with Gasteiger partial charge in [0, 0.05) is 29.1 Å². The van der Waals surface area contributed by atoms with E-state index in [1.54, 1.807) is 0 Å². The summed E-state index contributed by atoms with van der Waals surface area (Å²) >= 11 is 0. The Bertz CT molecular complexity index is 1300. The van der Waals surface area contributed by atoms with Crippen molar-refractivity contribution in [2.45, 2.75) is 40.0 Å². The lowest BCUT2D eigenvalue weighted by Gasteiger charge is -2.14. The molecule has 0 radical (unpaired) electrons. The van der Waals surface area contributed by atoms with E-state index in [4.69, 9.17) is 19.9 Å². The van der Waals surface area contributed by atoms with Crippen LogP contribution >= 0.6 is 0 Å². The highest BCUT2D eigenvalue weighted by Crippen LogP contribution is 2.36. The molecule has 4 rings (SSSR count). The molecule has 2 N–H and O–H groups in total. The van der Waals surface area contributed by atoms with Crippen LogP contribution in [0.15, 0.2) is 79.0 Å². The molecule has 37 heavy (non-hydrogen) atoms. The highest BCUT2D eigenvalue weighted by atomic mass is 16.5. The molecule has 0 saturated carbocycles. The van der Waals surface area contributed by atoms with Crippen LogP contribution in [0.2, 0.25) is 0 Å². The third kappa shape index (κ3) is 6.62. The molecule has 1 aromatic heterocycles. The predicted molar refractivity (Wildman–Crippen MR) is 152 cm³/mol. The van der Waals surface area contributed by atoms with E-state index in [1.165, 1.54) is 12.8 Å². The summed E-state index contributed by atoms with van der Waals surface area (Å²) in [5.41, 5.74) is 13.1. The largest absolute Gasteiger partial charge is 0.494 e. The number of unbranched alkanes of at least 4 members (excludes halogenated alkanes) is 2. The average molecular weight is 497 g/mol. The van der Waals surface area contributed by atoms with Crippen LogP contribution in [-0.4, -0.2) is 24.8 Å². The fourth-order valence-electron chi connectivity index (χ4n) is 4.28. The zero-order valence-corrected chi connectivity index (χ0v) is 22.0. The number of pyridine rings is 1. The second kappa shape index (κ2) is 12.8. The number of rotatable bonds is 12. The Labute approximate surface area is 220 Å². The molecule has 192 valence electrons. The summed E-state index contributed by atoms with van der Waals surface area (Å²) in [6.07, 6.45) is 5.27. The number of nitrogen functional groups attached to an aromatic ring is 1. The van der Waals surface area contributed by atoms with Gasteiger partial charge in [0.2, 0.25) is 0 Å². The van der Waals surface area contributed by atoms with Gasteiger partial charge in [-0.1, -0.05) is 44.0 Å². The predicted octanol–water partition coefficient (Wildman–Crippen LogP) is 8.03. The fraction of sp³-hybridized carbons (Fsp3) is 0.281. The Balaban J connectivity index is 1.56. The molecule has 0 spiro atoms. The quantitative estimate of drug-likeness (QED) is 0.159. The summed E-state index contributed by atoms with van der Waals surface area (Å²) in [6, 6.07) is 24.3. The first-order chi connectivity index (χ1) is 18.1. The third-order valence-corrected chi connectivity index (χ3v) is 6.17. The molecule has 0 atom stereocenters. The molecule has 0 aliphatic heterocycles. The monoisotopic (exact) mass is 496 g/mol. The minimum absolute atomic E-state index is 0.558. The molecule has 5 heteroatoms. The van der Waals surface area contributed by atoms with Gasteiger partial charge in [-0.25, -0.2) is 0 Å². The van der Waals surface area contributed by atoms with Crippen molar-refractivity contribution in [1.82, 2.24) is 4.98 Å². The lowest BCUT2D eigenvalue weighted by molar-refractivity contribution is 0.306. The van der Waals surface area contributed by atoms with E-state index >= 15 is 0 Å². The highest BCUT2D eigenvalue weighted by Gasteiger charge is 2.12. The van der Waals surface area contributed by atoms with Gasteiger partial charge in [-0.3, -0.25) is 4.98 Å². The van der Waals surface area contributed by atoms with Crippen LogP contribution in [0.4, 0.5) is 5.69 Å². The van der Waals surface area contributed by atoms with Crippen LogP contribution in [0.3, 0.4) is 0 Å². The number of ether oxygens (including phenoxy) is 3. The zero-order chi connectivity index (χ0) is 26.0. The summed E-state index contributed by atoms with van der Waals surface area (Å²) in [5, 5.41) is 0. The van der Waals surface area contributed by atoms with Crippen molar-refractivity contribution in [1.29, 1.82) is 0 Å². The summed E-state index contributed by atoms with van der Waals surface area (Å²) < 4.78 is 17.4. The van der Waals surface area contributed by atoms with Crippen molar-refractivity contribution in [3.8, 4) is 50.8 Å². The average Bonchev–Trinajstić information content (AvgIpc) is 2.92. The summed E-state index contributed by atoms with van der Waals surface area (Å²) in [6.45, 7) is 8.05. The molecule has 4 aromatic rings. The molecule has 0 amide bonds. The zero-order valence-electron chi connectivity index (χ0n) is 22.0. The van der Waals surface area contributed by atoms with Crippen LogP contribution in [-0.2, 0) is 0 Å². The summed E-state index contributed by atoms with van der Waals surface area (Å²) in [4.78, 5) is 4.61. The number of hydrogen-bond acceptors (Lipinski definition) is 5. The van der Waals surface area contributed by atoms with Crippen molar-refractivity contribution in [2.75, 3.05) is 25.6 Å². The van der Waals surface area contributed by atoms with Gasteiger partial charge in [-0.2, -0.15) is 0 Å². The molecule has 0 aliphatic rings. The van der Waals surface area contributed by atoms with Gasteiger partial charge in [-0.15, -0.1) is 0 Å². The van der Waals surface area contributed by atoms with Crippen LogP contribution < -0.4 is 19.9 Å². The van der Waals surface area contributed by atoms with Gasteiger partial charge in [0.1, 0.15) is 17.2 Å². The number of hydrogen-bond donors (Lipinski definition) is 1. The maximum atomic E-state index is 6.55. The minimum atomic E-state index is 0.558. The van der Waals surface area contributed by atoms with E-state index in [0.29, 0.717) is 18.9 Å². The lowest BCUT2D eigenvalue weighted by atomic mass is 9.97. The highest BCUT2D eigenvalue weighted by molar-refractivity contribution is 5.83. The van der Waals surface area contributed by atoms with Crippen LogP contribution in [0.25, 0.3) is 33.5 Å². The van der Waals surface area contributed by atoms with E-state index in [1.807, 2.05) is 68.6 Å². The van der Waals surface area contributed by atoms with Crippen molar-refractivity contribution in [2.24, 2.45) is 0 Å². The molecule has 1 heterocycles. The van der Waals surface area contributed by atoms with Gasteiger partial charge in [0.25, 0.3) is 0 Å². The molecule has 3 aromatic carbocycles. The Kier molecular flexibility index (Phi) is 9.03. The smallest absolute Gasteiger partial charge is 0.132 e. The van der Waals surface area contributed by atoms with Crippen molar-refractivity contribution < 1.29 is 14.2 Å². The number of aromatic nitrogens is 1. The first kappa shape index (κ1) is 26.1. The first-order valence-electron chi connectivity index (χ1n) is 13.1. The topological polar surface area (TPSA) is 66.6 Å². The molecule has 0 fully saturated rings. The molecule has 0 bridgehead atoms. The van der Waals surface area contributed by atoms with Gasteiger partial charge in [0.15, 0.2) is 0 Å². The molecule has 5 nitrogen and oxygen atoms in total. The van der Waals surface area contributed by atoms with Crippen molar-refractivity contribution in [3.63, 3.8) is 0 Å². The number of benzene rings is 3. The van der Waals surface area contributed by atoms with E-state index in [0.717, 1.165) is 63.8 Å². The standard InChI is InChI=1S/C32H36N2O3/c1-4-7-8-19-37-26-12-9-23(10-13-26)24-11-15-28(30(33)20-24)25-17-18-34-31(21-25)29-16-14-27(35-5-2)22-32(29)36-6-3/h9-18,20-22H,4-8,19,33H2,1-3H3. The second-order valence-electron chi connectivity index (χ2n) is 8.84. The maximum Gasteiger partial charge on any atom is 0.132 e. The molecule has 0 saturated heterocycles. The van der Waals surface area contributed by atoms with Gasteiger partial charge in [-0.05, 0) is 79.4 Å². The van der Waals surface area contributed by atoms with Crippen molar-refractivity contribution >= 4 is 5.69 Å². The molecule has 0 aliphatic carbocycles. The maximum absolute atomic E-state index is 6.55. The molecular formula is C32H36N2O3. The molecule has 0 unspecified atom stereocenters. The minimum Gasteiger partial charge on any atom is -0.494 e. The third-order valence-electron chi connectivity index (χ3n) is 6.17. The first-order valence-corrected chi connectivity index (χ1v) is 13.1. The molecular weight excluding hydrogens is 460 g/mol. The normalized spacial score (nSPS) is 10.8. The van der Waals surface area contributed by atoms with Crippen LogP contribution in [0, 0.1) is 0 Å². The number of nitrogens with two attached hydrogens (primary N) is 1. The van der Waals surface area contributed by atoms with Gasteiger partial charge < -0.3 is 19.9 Å². The van der Waals surface area contributed by atoms with Gasteiger partial charge >= 0.3 is 0 Å². The van der Waals surface area contributed by atoms with Crippen LogP contribution in [0.1, 0.15) is 40.0 Å². The number of anilines is 1. The number of nitrogens with zero attached hydrogens (tertiary/aromatic N) is 1. The van der Waals surface area contributed by atoms with Crippen LogP contribution in [0.5, 0.6) is 17.2 Å². The Morgan fingerprint density at radius 2 is 1.38 bits per heavy atom. The van der Waals surface area contributed by atoms with E-state index in [2.05, 4.69) is 36.2 Å². The van der Waals surface area contributed by atoms with Gasteiger partial charge in [0.05, 0.1) is 25.5 Å².